The first-order chi connectivity index (χ1) is 12.2. The Bertz CT molecular complexity index is 695. The Labute approximate surface area is 152 Å². The molecular formula is C19H24N3O2S+. The van der Waals surface area contributed by atoms with E-state index in [2.05, 4.69) is 22.7 Å². The Kier molecular flexibility index (Phi) is 6.33. The molecule has 2 heterocycles. The summed E-state index contributed by atoms with van der Waals surface area (Å²) in [5.74, 6) is -0.0782. The lowest BCUT2D eigenvalue weighted by atomic mass is 10.0. The van der Waals surface area contributed by atoms with Crippen LogP contribution in [-0.2, 0) is 16.0 Å². The SMILES string of the molecule is C/C(=N/NC(=O)Cc1cccs1)[C@@H](c1ccccc1)[NH+]1CCOCC1. The predicted molar refractivity (Wildman–Crippen MR) is 100.0 cm³/mol. The highest BCUT2D eigenvalue weighted by atomic mass is 32.1. The summed E-state index contributed by atoms with van der Waals surface area (Å²) in [6.07, 6.45) is 0.370. The second kappa shape index (κ2) is 8.89. The first-order valence-electron chi connectivity index (χ1n) is 8.56. The molecule has 25 heavy (non-hydrogen) atoms. The molecule has 0 saturated carbocycles. The van der Waals surface area contributed by atoms with Crippen molar-refractivity contribution in [3.63, 3.8) is 0 Å². The average molecular weight is 358 g/mol. The van der Waals surface area contributed by atoms with E-state index in [1.807, 2.05) is 42.6 Å². The summed E-state index contributed by atoms with van der Waals surface area (Å²) in [5.41, 5.74) is 4.86. The number of rotatable bonds is 6. The Morgan fingerprint density at radius 3 is 2.68 bits per heavy atom. The number of nitrogens with zero attached hydrogens (tertiary/aromatic N) is 1. The molecule has 5 nitrogen and oxygen atoms in total. The molecule has 6 heteroatoms. The van der Waals surface area contributed by atoms with Gasteiger partial charge in [0.1, 0.15) is 13.1 Å². The van der Waals surface area contributed by atoms with Gasteiger partial charge in [-0.05, 0) is 18.4 Å². The monoisotopic (exact) mass is 358 g/mol. The van der Waals surface area contributed by atoms with Crippen LogP contribution in [0.15, 0.2) is 52.9 Å². The van der Waals surface area contributed by atoms with Gasteiger partial charge in [-0.25, -0.2) is 5.43 Å². The van der Waals surface area contributed by atoms with Crippen LogP contribution in [0.2, 0.25) is 0 Å². The molecule has 0 bridgehead atoms. The van der Waals surface area contributed by atoms with E-state index in [-0.39, 0.29) is 11.9 Å². The third-order valence-corrected chi connectivity index (χ3v) is 5.24. The van der Waals surface area contributed by atoms with Crippen molar-refractivity contribution in [2.24, 2.45) is 5.10 Å². The molecule has 2 aromatic rings. The minimum atomic E-state index is -0.0782. The van der Waals surface area contributed by atoms with Crippen LogP contribution in [-0.4, -0.2) is 37.9 Å². The largest absolute Gasteiger partial charge is 0.370 e. The highest BCUT2D eigenvalue weighted by Gasteiger charge is 2.29. The number of benzene rings is 1. The number of thiophene rings is 1. The molecule has 1 aliphatic rings. The smallest absolute Gasteiger partial charge is 0.245 e. The van der Waals surface area contributed by atoms with Crippen molar-refractivity contribution in [2.75, 3.05) is 26.3 Å². The zero-order chi connectivity index (χ0) is 17.5. The van der Waals surface area contributed by atoms with Crippen LogP contribution in [0.5, 0.6) is 0 Å². The van der Waals surface area contributed by atoms with E-state index in [4.69, 9.17) is 4.74 Å². The number of morpholine rings is 1. The number of carbonyl (C=O) groups is 1. The third kappa shape index (κ3) is 4.98. The number of nitrogens with one attached hydrogen (secondary N) is 2. The number of ether oxygens (including phenoxy) is 1. The average Bonchev–Trinajstić information content (AvgIpc) is 3.15. The quantitative estimate of drug-likeness (QED) is 0.606. The van der Waals surface area contributed by atoms with Crippen molar-refractivity contribution < 1.29 is 14.4 Å². The number of carbonyl (C=O) groups excluding carboxylic acids is 1. The maximum absolute atomic E-state index is 12.1. The summed E-state index contributed by atoms with van der Waals surface area (Å²) in [6, 6.07) is 14.4. The molecule has 132 valence electrons. The van der Waals surface area contributed by atoms with Crippen LogP contribution in [0.4, 0.5) is 0 Å². The van der Waals surface area contributed by atoms with Crippen molar-refractivity contribution in [3.8, 4) is 0 Å². The highest BCUT2D eigenvalue weighted by Crippen LogP contribution is 2.12. The van der Waals surface area contributed by atoms with Gasteiger partial charge in [-0.3, -0.25) is 4.79 Å². The lowest BCUT2D eigenvalue weighted by Gasteiger charge is -2.31. The second-order valence-corrected chi connectivity index (χ2v) is 7.19. The zero-order valence-electron chi connectivity index (χ0n) is 14.4. The fourth-order valence-electron chi connectivity index (χ4n) is 3.17. The maximum atomic E-state index is 12.1. The third-order valence-electron chi connectivity index (χ3n) is 4.37. The first kappa shape index (κ1) is 17.8. The van der Waals surface area contributed by atoms with Crippen LogP contribution in [0.25, 0.3) is 0 Å². The highest BCUT2D eigenvalue weighted by molar-refractivity contribution is 7.10. The molecule has 1 aliphatic heterocycles. The number of hydrogen-bond acceptors (Lipinski definition) is 4. The number of hydrazone groups is 1. The van der Waals surface area contributed by atoms with Gasteiger partial charge in [0.05, 0.1) is 25.3 Å². The summed E-state index contributed by atoms with van der Waals surface area (Å²) in [5, 5.41) is 6.39. The fraction of sp³-hybridized carbons (Fsp3) is 0.368. The van der Waals surface area contributed by atoms with Gasteiger partial charge in [-0.1, -0.05) is 36.4 Å². The van der Waals surface area contributed by atoms with E-state index < -0.39 is 0 Å². The molecule has 1 atom stereocenters. The first-order valence-corrected chi connectivity index (χ1v) is 9.44. The molecule has 1 saturated heterocycles. The lowest BCUT2D eigenvalue weighted by molar-refractivity contribution is -0.928. The lowest BCUT2D eigenvalue weighted by Crippen LogP contribution is -3.15. The normalized spacial score (nSPS) is 17.2. The molecule has 1 aromatic heterocycles. The van der Waals surface area contributed by atoms with Crippen molar-refractivity contribution in [3.05, 3.63) is 58.3 Å². The molecule has 1 fully saturated rings. The van der Waals surface area contributed by atoms with Crippen molar-refractivity contribution in [1.29, 1.82) is 0 Å². The molecule has 0 aliphatic carbocycles. The van der Waals surface area contributed by atoms with Crippen LogP contribution < -0.4 is 10.3 Å². The molecule has 0 radical (unpaired) electrons. The second-order valence-electron chi connectivity index (χ2n) is 6.16. The Hall–Kier alpha value is -2.02. The van der Waals surface area contributed by atoms with E-state index in [0.29, 0.717) is 6.42 Å². The van der Waals surface area contributed by atoms with Crippen molar-refractivity contribution in [1.82, 2.24) is 5.43 Å². The van der Waals surface area contributed by atoms with Gasteiger partial charge in [0, 0.05) is 10.4 Å². The summed E-state index contributed by atoms with van der Waals surface area (Å²) in [6.45, 7) is 5.39. The van der Waals surface area contributed by atoms with E-state index in [9.17, 15) is 4.79 Å². The van der Waals surface area contributed by atoms with E-state index >= 15 is 0 Å². The molecule has 1 aromatic carbocycles. The fourth-order valence-corrected chi connectivity index (χ4v) is 3.87. The van der Waals surface area contributed by atoms with Crippen LogP contribution in [0.1, 0.15) is 23.4 Å². The summed E-state index contributed by atoms with van der Waals surface area (Å²) >= 11 is 1.58. The molecule has 1 amide bonds. The standard InChI is InChI=1S/C19H23N3O2S/c1-15(20-21-18(23)14-17-8-5-13-25-17)19(16-6-3-2-4-7-16)22-9-11-24-12-10-22/h2-8,13,19H,9-12,14H2,1H3,(H,21,23)/p+1/b20-15-/t19-/m0/s1. The molecule has 0 unspecified atom stereocenters. The Balaban J connectivity index is 1.71. The topological polar surface area (TPSA) is 55.1 Å². The number of quaternary nitrogens is 1. The minimum Gasteiger partial charge on any atom is -0.370 e. The van der Waals surface area contributed by atoms with Gasteiger partial charge in [-0.2, -0.15) is 5.10 Å². The molecular weight excluding hydrogens is 334 g/mol. The van der Waals surface area contributed by atoms with Gasteiger partial charge in [-0.15, -0.1) is 11.3 Å². The van der Waals surface area contributed by atoms with Gasteiger partial charge in [0.2, 0.25) is 5.91 Å². The Morgan fingerprint density at radius 2 is 2.00 bits per heavy atom. The van der Waals surface area contributed by atoms with Crippen LogP contribution in [0, 0.1) is 0 Å². The number of amides is 1. The van der Waals surface area contributed by atoms with Gasteiger partial charge >= 0.3 is 0 Å². The van der Waals surface area contributed by atoms with E-state index in [0.717, 1.165) is 36.9 Å². The zero-order valence-corrected chi connectivity index (χ0v) is 15.2. The molecule has 2 N–H and O–H groups in total. The van der Waals surface area contributed by atoms with Crippen LogP contribution in [0.3, 0.4) is 0 Å². The van der Waals surface area contributed by atoms with Gasteiger partial charge in [0.15, 0.2) is 6.04 Å². The van der Waals surface area contributed by atoms with Crippen molar-refractivity contribution in [2.45, 2.75) is 19.4 Å². The van der Waals surface area contributed by atoms with Crippen LogP contribution >= 0.6 is 11.3 Å². The summed E-state index contributed by atoms with van der Waals surface area (Å²) in [7, 11) is 0. The van der Waals surface area contributed by atoms with Gasteiger partial charge < -0.3 is 9.64 Å². The Morgan fingerprint density at radius 1 is 1.24 bits per heavy atom. The molecule has 3 rings (SSSR count). The predicted octanol–water partition coefficient (Wildman–Crippen LogP) is 1.44. The van der Waals surface area contributed by atoms with E-state index in [1.165, 1.54) is 10.5 Å². The van der Waals surface area contributed by atoms with E-state index in [1.54, 1.807) is 11.3 Å². The summed E-state index contributed by atoms with van der Waals surface area (Å²) < 4.78 is 5.49. The van der Waals surface area contributed by atoms with Gasteiger partial charge in [0.25, 0.3) is 0 Å². The maximum Gasteiger partial charge on any atom is 0.245 e. The summed E-state index contributed by atoms with van der Waals surface area (Å²) in [4.78, 5) is 14.6. The minimum absolute atomic E-state index is 0.0782. The molecule has 0 spiro atoms. The van der Waals surface area contributed by atoms with Crippen molar-refractivity contribution >= 4 is 23.0 Å². The number of hydrogen-bond donors (Lipinski definition) is 2.